The average molecular weight is 301 g/mol. The first-order chi connectivity index (χ1) is 10.3. The van der Waals surface area contributed by atoms with E-state index in [4.69, 9.17) is 4.74 Å². The van der Waals surface area contributed by atoms with Gasteiger partial charge in [-0.05, 0) is 55.5 Å². The van der Waals surface area contributed by atoms with Gasteiger partial charge in [-0.2, -0.15) is 0 Å². The van der Waals surface area contributed by atoms with Gasteiger partial charge in [-0.3, -0.25) is 4.79 Å². The van der Waals surface area contributed by atoms with Crippen molar-refractivity contribution in [3.8, 4) is 5.75 Å². The van der Waals surface area contributed by atoms with Crippen LogP contribution in [0, 0.1) is 0 Å². The number of hydrogen-bond donors (Lipinski definition) is 0. The molecular weight excluding hydrogens is 282 g/mol. The summed E-state index contributed by atoms with van der Waals surface area (Å²) in [5.41, 5.74) is 0.738. The highest BCUT2D eigenvalue weighted by Gasteiger charge is 2.31. The van der Waals surface area contributed by atoms with E-state index in [1.165, 1.54) is 4.88 Å². The number of carbonyl (C=O) groups excluding carboxylic acids is 1. The molecule has 1 atom stereocenters. The number of thiophene rings is 1. The van der Waals surface area contributed by atoms with Gasteiger partial charge in [0.2, 0.25) is 0 Å². The van der Waals surface area contributed by atoms with Crippen LogP contribution in [0.5, 0.6) is 5.75 Å². The van der Waals surface area contributed by atoms with E-state index in [0.717, 1.165) is 30.7 Å². The molecule has 4 heteroatoms. The van der Waals surface area contributed by atoms with Crippen LogP contribution in [0.3, 0.4) is 0 Å². The molecule has 0 spiro atoms. The number of benzene rings is 1. The minimum absolute atomic E-state index is 0.119. The van der Waals surface area contributed by atoms with Crippen LogP contribution in [0.2, 0.25) is 0 Å². The second-order valence-corrected chi connectivity index (χ2v) is 6.11. The number of ether oxygens (including phenoxy) is 1. The molecule has 3 rings (SSSR count). The zero-order chi connectivity index (χ0) is 14.7. The van der Waals surface area contributed by atoms with E-state index in [1.807, 2.05) is 36.1 Å². The standard InChI is InChI=1S/C17H19NO2S/c1-2-20-14-9-7-13(8-10-14)17(19)18-11-3-5-15(18)16-6-4-12-21-16/h4,6-10,12,15H,2-3,5,11H2,1H3. The Morgan fingerprint density at radius 3 is 2.81 bits per heavy atom. The quantitative estimate of drug-likeness (QED) is 0.850. The summed E-state index contributed by atoms with van der Waals surface area (Å²) < 4.78 is 5.42. The lowest BCUT2D eigenvalue weighted by Gasteiger charge is -2.24. The summed E-state index contributed by atoms with van der Waals surface area (Å²) in [5, 5.41) is 2.08. The molecule has 2 heterocycles. The Hall–Kier alpha value is -1.81. The summed E-state index contributed by atoms with van der Waals surface area (Å²) in [6.07, 6.45) is 2.13. The lowest BCUT2D eigenvalue weighted by Crippen LogP contribution is -2.30. The lowest BCUT2D eigenvalue weighted by molar-refractivity contribution is 0.0738. The van der Waals surface area contributed by atoms with Crippen LogP contribution in [-0.2, 0) is 0 Å². The Labute approximate surface area is 129 Å². The molecule has 1 aromatic carbocycles. The second-order valence-electron chi connectivity index (χ2n) is 5.13. The van der Waals surface area contributed by atoms with E-state index in [2.05, 4.69) is 17.5 Å². The van der Waals surface area contributed by atoms with Crippen molar-refractivity contribution in [2.24, 2.45) is 0 Å². The van der Waals surface area contributed by atoms with Crippen molar-refractivity contribution in [3.63, 3.8) is 0 Å². The molecule has 1 aliphatic rings. The van der Waals surface area contributed by atoms with Gasteiger partial charge >= 0.3 is 0 Å². The number of amides is 1. The predicted molar refractivity (Wildman–Crippen MR) is 84.9 cm³/mol. The molecule has 0 radical (unpaired) electrons. The van der Waals surface area contributed by atoms with Crippen molar-refractivity contribution < 1.29 is 9.53 Å². The van der Waals surface area contributed by atoms with Crippen molar-refractivity contribution in [1.82, 2.24) is 4.90 Å². The molecule has 3 nitrogen and oxygen atoms in total. The fourth-order valence-electron chi connectivity index (χ4n) is 2.81. The topological polar surface area (TPSA) is 29.5 Å². The number of likely N-dealkylation sites (tertiary alicyclic amines) is 1. The van der Waals surface area contributed by atoms with E-state index in [-0.39, 0.29) is 11.9 Å². The highest BCUT2D eigenvalue weighted by molar-refractivity contribution is 7.10. The average Bonchev–Trinajstić information content (AvgIpc) is 3.18. The van der Waals surface area contributed by atoms with E-state index in [9.17, 15) is 4.79 Å². The van der Waals surface area contributed by atoms with Crippen molar-refractivity contribution in [1.29, 1.82) is 0 Å². The second kappa shape index (κ2) is 6.31. The normalized spacial score (nSPS) is 18.0. The third kappa shape index (κ3) is 2.95. The van der Waals surface area contributed by atoms with Gasteiger partial charge in [0, 0.05) is 17.0 Å². The largest absolute Gasteiger partial charge is 0.494 e. The Morgan fingerprint density at radius 2 is 2.14 bits per heavy atom. The Kier molecular flexibility index (Phi) is 4.25. The zero-order valence-electron chi connectivity index (χ0n) is 12.1. The van der Waals surface area contributed by atoms with E-state index in [1.54, 1.807) is 11.3 Å². The first-order valence-electron chi connectivity index (χ1n) is 7.37. The molecule has 0 saturated carbocycles. The Balaban J connectivity index is 1.77. The van der Waals surface area contributed by atoms with Gasteiger partial charge in [-0.25, -0.2) is 0 Å². The molecule has 2 aromatic rings. The molecule has 1 unspecified atom stereocenters. The van der Waals surface area contributed by atoms with Crippen LogP contribution >= 0.6 is 11.3 Å². The van der Waals surface area contributed by atoms with Gasteiger partial charge in [0.05, 0.1) is 12.6 Å². The van der Waals surface area contributed by atoms with Crippen LogP contribution in [-0.4, -0.2) is 24.0 Å². The summed E-state index contributed by atoms with van der Waals surface area (Å²) in [4.78, 5) is 16.0. The van der Waals surface area contributed by atoms with Gasteiger partial charge in [-0.1, -0.05) is 6.07 Å². The third-order valence-electron chi connectivity index (χ3n) is 3.80. The third-order valence-corrected chi connectivity index (χ3v) is 4.77. The Morgan fingerprint density at radius 1 is 1.33 bits per heavy atom. The fraction of sp³-hybridized carbons (Fsp3) is 0.353. The smallest absolute Gasteiger partial charge is 0.254 e. The van der Waals surface area contributed by atoms with Crippen LogP contribution in [0.1, 0.15) is 41.0 Å². The predicted octanol–water partition coefficient (Wildman–Crippen LogP) is 4.12. The first-order valence-corrected chi connectivity index (χ1v) is 8.25. The SMILES string of the molecule is CCOc1ccc(C(=O)N2CCCC2c2cccs2)cc1. The highest BCUT2D eigenvalue weighted by Crippen LogP contribution is 2.35. The minimum Gasteiger partial charge on any atom is -0.494 e. The van der Waals surface area contributed by atoms with Gasteiger partial charge < -0.3 is 9.64 Å². The van der Waals surface area contributed by atoms with Crippen molar-refractivity contribution in [2.75, 3.05) is 13.2 Å². The van der Waals surface area contributed by atoms with Gasteiger partial charge in [-0.15, -0.1) is 11.3 Å². The maximum absolute atomic E-state index is 12.7. The summed E-state index contributed by atoms with van der Waals surface area (Å²) in [5.74, 6) is 0.930. The maximum Gasteiger partial charge on any atom is 0.254 e. The molecule has 1 aromatic heterocycles. The fourth-order valence-corrected chi connectivity index (χ4v) is 3.69. The first kappa shape index (κ1) is 14.1. The number of nitrogens with zero attached hydrogens (tertiary/aromatic N) is 1. The number of hydrogen-bond acceptors (Lipinski definition) is 3. The molecule has 1 amide bonds. The zero-order valence-corrected chi connectivity index (χ0v) is 12.9. The molecule has 1 aliphatic heterocycles. The number of carbonyl (C=O) groups is 1. The van der Waals surface area contributed by atoms with E-state index >= 15 is 0 Å². The summed E-state index contributed by atoms with van der Waals surface area (Å²) in [7, 11) is 0. The van der Waals surface area contributed by atoms with Gasteiger partial charge in [0.1, 0.15) is 5.75 Å². The monoisotopic (exact) mass is 301 g/mol. The van der Waals surface area contributed by atoms with E-state index < -0.39 is 0 Å². The van der Waals surface area contributed by atoms with Gasteiger partial charge in [0.15, 0.2) is 0 Å². The van der Waals surface area contributed by atoms with E-state index in [0.29, 0.717) is 6.61 Å². The summed E-state index contributed by atoms with van der Waals surface area (Å²) in [6, 6.07) is 11.9. The number of rotatable bonds is 4. The van der Waals surface area contributed by atoms with Crippen molar-refractivity contribution >= 4 is 17.2 Å². The Bertz CT molecular complexity index is 592. The molecule has 0 bridgehead atoms. The minimum atomic E-state index is 0.119. The van der Waals surface area contributed by atoms with Crippen molar-refractivity contribution in [2.45, 2.75) is 25.8 Å². The van der Waals surface area contributed by atoms with Gasteiger partial charge in [0.25, 0.3) is 5.91 Å². The molecule has 0 N–H and O–H groups in total. The molecule has 110 valence electrons. The lowest BCUT2D eigenvalue weighted by atomic mass is 10.1. The molecule has 0 aliphatic carbocycles. The van der Waals surface area contributed by atoms with Crippen LogP contribution in [0.15, 0.2) is 41.8 Å². The molecule has 21 heavy (non-hydrogen) atoms. The van der Waals surface area contributed by atoms with Crippen LogP contribution in [0.4, 0.5) is 0 Å². The molecule has 1 fully saturated rings. The van der Waals surface area contributed by atoms with Crippen molar-refractivity contribution in [3.05, 3.63) is 52.2 Å². The van der Waals surface area contributed by atoms with Crippen LogP contribution < -0.4 is 4.74 Å². The highest BCUT2D eigenvalue weighted by atomic mass is 32.1. The maximum atomic E-state index is 12.7. The summed E-state index contributed by atoms with van der Waals surface area (Å²) >= 11 is 1.73. The molecular formula is C17H19NO2S. The van der Waals surface area contributed by atoms with Crippen LogP contribution in [0.25, 0.3) is 0 Å². The summed E-state index contributed by atoms with van der Waals surface area (Å²) in [6.45, 7) is 3.43. The molecule has 1 saturated heterocycles.